The summed E-state index contributed by atoms with van der Waals surface area (Å²) < 4.78 is 0. The molecule has 0 aliphatic heterocycles. The number of benzene rings is 2. The molecule has 2 aromatic carbocycles. The van der Waals surface area contributed by atoms with Crippen LogP contribution in [0.5, 0.6) is 0 Å². The Morgan fingerprint density at radius 3 is 1.41 bits per heavy atom. The van der Waals surface area contributed by atoms with E-state index in [0.717, 1.165) is 22.3 Å². The Hall–Kier alpha value is -2.62. The van der Waals surface area contributed by atoms with Crippen molar-refractivity contribution in [1.82, 2.24) is 0 Å². The summed E-state index contributed by atoms with van der Waals surface area (Å²) in [4.78, 5) is 24.3. The highest BCUT2D eigenvalue weighted by Gasteiger charge is 2.55. The Labute approximate surface area is 172 Å². The molecule has 0 radical (unpaired) electrons. The van der Waals surface area contributed by atoms with E-state index in [1.54, 1.807) is 0 Å². The molecule has 1 aliphatic carbocycles. The smallest absolute Gasteiger partial charge is 0.306 e. The quantitative estimate of drug-likeness (QED) is 0.624. The Morgan fingerprint density at radius 2 is 1.10 bits per heavy atom. The van der Waals surface area contributed by atoms with Crippen LogP contribution in [0.2, 0.25) is 0 Å². The molecular weight excluding hydrogens is 364 g/mol. The summed E-state index contributed by atoms with van der Waals surface area (Å²) in [5.74, 6) is -3.31. The van der Waals surface area contributed by atoms with Crippen LogP contribution < -0.4 is 0 Å². The van der Waals surface area contributed by atoms with Gasteiger partial charge in [-0.05, 0) is 46.9 Å². The highest BCUT2D eigenvalue weighted by Crippen LogP contribution is 2.59. The summed E-state index contributed by atoms with van der Waals surface area (Å²) in [5.41, 5.74) is 3.61. The second-order valence-electron chi connectivity index (χ2n) is 8.24. The fraction of sp³-hybridized carbons (Fsp3) is 0.440. The lowest BCUT2D eigenvalue weighted by Gasteiger charge is -2.47. The predicted molar refractivity (Wildman–Crippen MR) is 114 cm³/mol. The van der Waals surface area contributed by atoms with Crippen LogP contribution in [-0.4, -0.2) is 22.2 Å². The van der Waals surface area contributed by atoms with E-state index in [-0.39, 0.29) is 11.8 Å². The normalized spacial score (nSPS) is 18.2. The van der Waals surface area contributed by atoms with Gasteiger partial charge < -0.3 is 10.2 Å². The molecule has 4 heteroatoms. The number of aliphatic carboxylic acids is 2. The average Bonchev–Trinajstić information content (AvgIpc) is 3.00. The number of hydrogen-bond donors (Lipinski definition) is 2. The first kappa shape index (κ1) is 21.1. The molecule has 2 aromatic rings. The largest absolute Gasteiger partial charge is 0.481 e. The number of carboxylic acids is 2. The van der Waals surface area contributed by atoms with E-state index in [1.807, 2.05) is 52.0 Å². The summed E-state index contributed by atoms with van der Waals surface area (Å²) in [6.07, 6.45) is 0.998. The summed E-state index contributed by atoms with van der Waals surface area (Å²) >= 11 is 0. The van der Waals surface area contributed by atoms with Gasteiger partial charge in [-0.25, -0.2) is 0 Å². The van der Waals surface area contributed by atoms with Crippen LogP contribution in [0.3, 0.4) is 0 Å². The van der Waals surface area contributed by atoms with Crippen molar-refractivity contribution in [1.29, 1.82) is 0 Å². The first-order valence-electron chi connectivity index (χ1n) is 10.5. The molecule has 0 spiro atoms. The molecule has 154 valence electrons. The average molecular weight is 395 g/mol. The van der Waals surface area contributed by atoms with Gasteiger partial charge in [0.05, 0.1) is 11.8 Å². The zero-order valence-corrected chi connectivity index (χ0v) is 17.6. The van der Waals surface area contributed by atoms with Gasteiger partial charge in [0.15, 0.2) is 0 Å². The Morgan fingerprint density at radius 1 is 0.759 bits per heavy atom. The minimum absolute atomic E-state index is 0.266. The molecule has 0 amide bonds. The van der Waals surface area contributed by atoms with Gasteiger partial charge in [0.25, 0.3) is 0 Å². The molecule has 4 unspecified atom stereocenters. The molecule has 0 saturated heterocycles. The number of rotatable bonds is 8. The van der Waals surface area contributed by atoms with E-state index in [0.29, 0.717) is 12.8 Å². The first-order chi connectivity index (χ1) is 13.8. The van der Waals surface area contributed by atoms with Crippen LogP contribution in [0.15, 0.2) is 48.5 Å². The molecule has 0 bridgehead atoms. The van der Waals surface area contributed by atoms with Crippen molar-refractivity contribution in [2.24, 2.45) is 23.7 Å². The summed E-state index contributed by atoms with van der Waals surface area (Å²) in [6, 6.07) is 16.2. The summed E-state index contributed by atoms with van der Waals surface area (Å²) in [7, 11) is 0. The van der Waals surface area contributed by atoms with Gasteiger partial charge in [-0.15, -0.1) is 0 Å². The van der Waals surface area contributed by atoms with Crippen LogP contribution in [-0.2, 0) is 15.0 Å². The fourth-order valence-corrected chi connectivity index (χ4v) is 5.82. The maximum atomic E-state index is 12.2. The van der Waals surface area contributed by atoms with Crippen LogP contribution in [0.4, 0.5) is 0 Å². The Kier molecular flexibility index (Phi) is 5.83. The zero-order valence-electron chi connectivity index (χ0n) is 17.6. The molecule has 0 saturated carbocycles. The first-order valence-corrected chi connectivity index (χ1v) is 10.5. The van der Waals surface area contributed by atoms with Gasteiger partial charge >= 0.3 is 11.9 Å². The van der Waals surface area contributed by atoms with Crippen LogP contribution in [0, 0.1) is 23.7 Å². The standard InChI is InChI=1S/C25H30O4/c1-5-17(23(26)27)15(3)25(16(4)18(6-2)24(28)29)21-13-9-7-11-19(21)20-12-8-10-14-22(20)25/h7-18H,5-6H2,1-4H3,(H,26,27)(H,28,29). The Balaban J connectivity index is 2.38. The maximum Gasteiger partial charge on any atom is 0.306 e. The van der Waals surface area contributed by atoms with Gasteiger partial charge in [-0.3, -0.25) is 9.59 Å². The number of carbonyl (C=O) groups is 2. The van der Waals surface area contributed by atoms with E-state index in [1.165, 1.54) is 0 Å². The van der Waals surface area contributed by atoms with Crippen molar-refractivity contribution < 1.29 is 19.8 Å². The molecule has 0 fully saturated rings. The van der Waals surface area contributed by atoms with Crippen LogP contribution in [0.25, 0.3) is 11.1 Å². The SMILES string of the molecule is CCC(C(=O)O)C(C)C1(C(C)C(CC)C(=O)O)c2ccccc2-c2ccccc21. The van der Waals surface area contributed by atoms with E-state index in [9.17, 15) is 19.8 Å². The highest BCUT2D eigenvalue weighted by atomic mass is 16.4. The molecule has 3 rings (SSSR count). The number of fused-ring (bicyclic) bond motifs is 3. The van der Waals surface area contributed by atoms with Crippen molar-refractivity contribution >= 4 is 11.9 Å². The van der Waals surface area contributed by atoms with Gasteiger partial charge in [-0.1, -0.05) is 76.2 Å². The summed E-state index contributed by atoms with van der Waals surface area (Å²) in [5, 5.41) is 20.0. The third kappa shape index (κ3) is 3.06. The third-order valence-corrected chi connectivity index (χ3v) is 7.19. The molecule has 2 N–H and O–H groups in total. The Bertz CT molecular complexity index is 841. The summed E-state index contributed by atoms with van der Waals surface area (Å²) in [6.45, 7) is 7.78. The topological polar surface area (TPSA) is 74.6 Å². The molecule has 0 heterocycles. The van der Waals surface area contributed by atoms with Crippen molar-refractivity contribution in [2.45, 2.75) is 46.0 Å². The van der Waals surface area contributed by atoms with Crippen molar-refractivity contribution in [3.8, 4) is 11.1 Å². The van der Waals surface area contributed by atoms with Gasteiger partial charge in [-0.2, -0.15) is 0 Å². The van der Waals surface area contributed by atoms with E-state index >= 15 is 0 Å². The van der Waals surface area contributed by atoms with Gasteiger partial charge in [0, 0.05) is 5.41 Å². The van der Waals surface area contributed by atoms with Gasteiger partial charge in [0.2, 0.25) is 0 Å². The van der Waals surface area contributed by atoms with Crippen molar-refractivity contribution in [3.05, 3.63) is 59.7 Å². The van der Waals surface area contributed by atoms with Gasteiger partial charge in [0.1, 0.15) is 0 Å². The molecule has 0 aromatic heterocycles. The van der Waals surface area contributed by atoms with E-state index < -0.39 is 29.2 Å². The maximum absolute atomic E-state index is 12.2. The lowest BCUT2D eigenvalue weighted by atomic mass is 9.55. The minimum Gasteiger partial charge on any atom is -0.481 e. The molecule has 4 atom stereocenters. The molecular formula is C25H30O4. The molecule has 4 nitrogen and oxygen atoms in total. The highest BCUT2D eigenvalue weighted by molar-refractivity contribution is 5.83. The minimum atomic E-state index is -0.822. The third-order valence-electron chi connectivity index (χ3n) is 7.19. The van der Waals surface area contributed by atoms with E-state index in [2.05, 4.69) is 24.3 Å². The van der Waals surface area contributed by atoms with Crippen molar-refractivity contribution in [3.63, 3.8) is 0 Å². The van der Waals surface area contributed by atoms with E-state index in [4.69, 9.17) is 0 Å². The lowest BCUT2D eigenvalue weighted by molar-refractivity contribution is -0.146. The van der Waals surface area contributed by atoms with Crippen LogP contribution in [0.1, 0.15) is 51.7 Å². The number of carboxylic acid groups (broad SMARTS) is 2. The van der Waals surface area contributed by atoms with Crippen molar-refractivity contribution in [2.75, 3.05) is 0 Å². The van der Waals surface area contributed by atoms with Crippen LogP contribution >= 0.6 is 0 Å². The second kappa shape index (κ2) is 8.02. The lowest BCUT2D eigenvalue weighted by Crippen LogP contribution is -2.48. The predicted octanol–water partition coefficient (Wildman–Crippen LogP) is 5.45. The molecule has 1 aliphatic rings. The fourth-order valence-electron chi connectivity index (χ4n) is 5.82. The number of hydrogen-bond acceptors (Lipinski definition) is 2. The second-order valence-corrected chi connectivity index (χ2v) is 8.24. The molecule has 29 heavy (non-hydrogen) atoms. The monoisotopic (exact) mass is 394 g/mol. The zero-order chi connectivity index (χ0) is 21.3.